The van der Waals surface area contributed by atoms with Gasteiger partial charge in [0.05, 0.1) is 10.8 Å². The van der Waals surface area contributed by atoms with E-state index in [0.29, 0.717) is 6.54 Å². The second-order valence-corrected chi connectivity index (χ2v) is 5.72. The highest BCUT2D eigenvalue weighted by atomic mass is 16.5. The van der Waals surface area contributed by atoms with E-state index in [4.69, 9.17) is 4.74 Å². The quantitative estimate of drug-likeness (QED) is 0.523. The fourth-order valence-electron chi connectivity index (χ4n) is 2.35. The lowest BCUT2D eigenvalue weighted by atomic mass is 10.2. The highest BCUT2D eigenvalue weighted by molar-refractivity contribution is 5.88. The predicted molar refractivity (Wildman–Crippen MR) is 96.1 cm³/mol. The molecule has 0 aliphatic heterocycles. The Bertz CT molecular complexity index is 977. The fourth-order valence-corrected chi connectivity index (χ4v) is 2.35. The Balaban J connectivity index is 1.97. The number of likely N-dealkylation sites (N-methyl/N-ethyl adjacent to an activating group) is 1. The molecule has 0 aliphatic carbocycles. The molecule has 2 rings (SSSR count). The average Bonchev–Trinajstić information content (AvgIpc) is 2.64. The van der Waals surface area contributed by atoms with Gasteiger partial charge in [0.2, 0.25) is 5.91 Å². The molecule has 144 valence electrons. The third-order valence-corrected chi connectivity index (χ3v) is 3.66. The number of nitrogens with zero attached hydrogens (tertiary/aromatic N) is 1. The first-order valence-corrected chi connectivity index (χ1v) is 8.28. The number of aromatic nitrogens is 2. The van der Waals surface area contributed by atoms with Gasteiger partial charge in [-0.1, -0.05) is 12.1 Å². The van der Waals surface area contributed by atoms with E-state index in [-0.39, 0.29) is 16.7 Å². The van der Waals surface area contributed by atoms with Gasteiger partial charge >= 0.3 is 5.97 Å². The molecule has 2 amide bonds. The number of esters is 1. The molecule has 3 N–H and O–H groups in total. The van der Waals surface area contributed by atoms with Gasteiger partial charge in [-0.2, -0.15) is 0 Å². The highest BCUT2D eigenvalue weighted by Crippen LogP contribution is 2.02. The van der Waals surface area contributed by atoms with E-state index >= 15 is 0 Å². The number of rotatable bonds is 7. The first-order valence-electron chi connectivity index (χ1n) is 8.28. The third-order valence-electron chi connectivity index (χ3n) is 3.66. The van der Waals surface area contributed by atoms with E-state index in [1.807, 2.05) is 0 Å². The molecule has 0 saturated heterocycles. The normalized spacial score (nSPS) is 11.6. The molecule has 1 aromatic carbocycles. The SMILES string of the molecule is CCNC(=O)[C@H](C)NC(=O)COC(=O)Cn1[nH]c(=O)c2ccccc2c1=O. The maximum atomic E-state index is 12.3. The van der Waals surface area contributed by atoms with Crippen molar-refractivity contribution in [1.29, 1.82) is 0 Å². The smallest absolute Gasteiger partial charge is 0.328 e. The number of benzene rings is 1. The molecule has 0 unspecified atom stereocenters. The standard InChI is InChI=1S/C17H20N4O6/c1-3-18-15(24)10(2)19-13(22)9-27-14(23)8-21-17(26)12-7-5-4-6-11(12)16(25)20-21/h4-7,10H,3,8-9H2,1-2H3,(H,18,24)(H,19,22)(H,20,25)/t10-/m0/s1. The Morgan fingerprint density at radius 2 is 1.85 bits per heavy atom. The van der Waals surface area contributed by atoms with Gasteiger partial charge in [-0.05, 0) is 26.0 Å². The van der Waals surface area contributed by atoms with Crippen LogP contribution in [0.4, 0.5) is 0 Å². The van der Waals surface area contributed by atoms with Crippen LogP contribution in [0.1, 0.15) is 13.8 Å². The second-order valence-electron chi connectivity index (χ2n) is 5.72. The summed E-state index contributed by atoms with van der Waals surface area (Å²) in [7, 11) is 0. The first kappa shape index (κ1) is 19.9. The van der Waals surface area contributed by atoms with Gasteiger partial charge in [-0.25, -0.2) is 4.68 Å². The van der Waals surface area contributed by atoms with Crippen molar-refractivity contribution in [1.82, 2.24) is 20.4 Å². The number of amides is 2. The molecule has 1 heterocycles. The maximum absolute atomic E-state index is 12.3. The summed E-state index contributed by atoms with van der Waals surface area (Å²) in [5.74, 6) is -1.91. The number of aromatic amines is 1. The molecule has 0 fully saturated rings. The molecule has 0 spiro atoms. The zero-order chi connectivity index (χ0) is 20.0. The monoisotopic (exact) mass is 376 g/mol. The average molecular weight is 376 g/mol. The van der Waals surface area contributed by atoms with Crippen LogP contribution in [0.3, 0.4) is 0 Å². The second kappa shape index (κ2) is 8.79. The summed E-state index contributed by atoms with van der Waals surface area (Å²) < 4.78 is 5.61. The van der Waals surface area contributed by atoms with E-state index < -0.39 is 42.2 Å². The third kappa shape index (κ3) is 5.03. The molecular formula is C17H20N4O6. The largest absolute Gasteiger partial charge is 0.454 e. The van der Waals surface area contributed by atoms with Crippen LogP contribution >= 0.6 is 0 Å². The molecule has 0 bridgehead atoms. The Hall–Kier alpha value is -3.43. The molecule has 1 atom stereocenters. The van der Waals surface area contributed by atoms with Crippen molar-refractivity contribution in [2.24, 2.45) is 0 Å². The molecular weight excluding hydrogens is 356 g/mol. The van der Waals surface area contributed by atoms with E-state index in [1.54, 1.807) is 19.1 Å². The molecule has 0 saturated carbocycles. The number of hydrogen-bond donors (Lipinski definition) is 3. The Labute approximate surface area is 153 Å². The fraction of sp³-hybridized carbons (Fsp3) is 0.353. The van der Waals surface area contributed by atoms with Crippen LogP contribution in [0, 0.1) is 0 Å². The number of carbonyl (C=O) groups is 3. The lowest BCUT2D eigenvalue weighted by molar-refractivity contribution is -0.149. The highest BCUT2D eigenvalue weighted by Gasteiger charge is 2.16. The van der Waals surface area contributed by atoms with E-state index in [2.05, 4.69) is 15.7 Å². The van der Waals surface area contributed by atoms with Crippen molar-refractivity contribution in [2.45, 2.75) is 26.4 Å². The van der Waals surface area contributed by atoms with Crippen molar-refractivity contribution < 1.29 is 19.1 Å². The number of nitrogens with one attached hydrogen (secondary N) is 3. The minimum atomic E-state index is -0.885. The summed E-state index contributed by atoms with van der Waals surface area (Å²) in [6.45, 7) is 2.48. The van der Waals surface area contributed by atoms with Crippen LogP contribution in [0.15, 0.2) is 33.9 Å². The summed E-state index contributed by atoms with van der Waals surface area (Å²) in [4.78, 5) is 59.4. The van der Waals surface area contributed by atoms with Crippen LogP contribution in [-0.2, 0) is 25.7 Å². The van der Waals surface area contributed by atoms with Gasteiger partial charge in [0.1, 0.15) is 12.6 Å². The van der Waals surface area contributed by atoms with Crippen LogP contribution in [0.25, 0.3) is 10.8 Å². The molecule has 27 heavy (non-hydrogen) atoms. The molecule has 10 heteroatoms. The minimum absolute atomic E-state index is 0.169. The van der Waals surface area contributed by atoms with Gasteiger partial charge in [0.25, 0.3) is 17.0 Å². The predicted octanol–water partition coefficient (Wildman–Crippen LogP) is -1.13. The summed E-state index contributed by atoms with van der Waals surface area (Å²) in [5, 5.41) is 7.59. The van der Waals surface area contributed by atoms with Crippen LogP contribution in [0.5, 0.6) is 0 Å². The summed E-state index contributed by atoms with van der Waals surface area (Å²) >= 11 is 0. The lowest BCUT2D eigenvalue weighted by Gasteiger charge is -2.13. The van der Waals surface area contributed by atoms with Gasteiger partial charge in [-0.3, -0.25) is 29.1 Å². The van der Waals surface area contributed by atoms with Crippen molar-refractivity contribution in [3.8, 4) is 0 Å². The summed E-state index contributed by atoms with van der Waals surface area (Å²) in [6, 6.07) is 5.42. The first-order chi connectivity index (χ1) is 12.8. The van der Waals surface area contributed by atoms with Crippen molar-refractivity contribution in [2.75, 3.05) is 13.2 Å². The van der Waals surface area contributed by atoms with E-state index in [0.717, 1.165) is 4.68 Å². The van der Waals surface area contributed by atoms with E-state index in [9.17, 15) is 24.0 Å². The van der Waals surface area contributed by atoms with E-state index in [1.165, 1.54) is 19.1 Å². The zero-order valence-corrected chi connectivity index (χ0v) is 14.9. The molecule has 2 aromatic rings. The van der Waals surface area contributed by atoms with Gasteiger partial charge in [-0.15, -0.1) is 0 Å². The molecule has 10 nitrogen and oxygen atoms in total. The van der Waals surface area contributed by atoms with Crippen LogP contribution in [-0.4, -0.2) is 46.8 Å². The van der Waals surface area contributed by atoms with Gasteiger partial charge < -0.3 is 15.4 Å². The Morgan fingerprint density at radius 1 is 1.19 bits per heavy atom. The number of carbonyl (C=O) groups excluding carboxylic acids is 3. The molecule has 0 radical (unpaired) electrons. The number of H-pyrrole nitrogens is 1. The maximum Gasteiger partial charge on any atom is 0.328 e. The zero-order valence-electron chi connectivity index (χ0n) is 14.9. The van der Waals surface area contributed by atoms with Crippen molar-refractivity contribution in [3.63, 3.8) is 0 Å². The van der Waals surface area contributed by atoms with Crippen molar-refractivity contribution in [3.05, 3.63) is 45.0 Å². The minimum Gasteiger partial charge on any atom is -0.454 e. The summed E-state index contributed by atoms with van der Waals surface area (Å²) in [5.41, 5.74) is -1.08. The molecule has 0 aliphatic rings. The summed E-state index contributed by atoms with van der Waals surface area (Å²) in [6.07, 6.45) is 0. The number of fused-ring (bicyclic) bond motifs is 1. The van der Waals surface area contributed by atoms with Gasteiger partial charge in [0.15, 0.2) is 6.61 Å². The molecule has 1 aromatic heterocycles. The number of ether oxygens (including phenoxy) is 1. The van der Waals surface area contributed by atoms with Crippen LogP contribution < -0.4 is 21.8 Å². The van der Waals surface area contributed by atoms with Gasteiger partial charge in [0, 0.05) is 6.54 Å². The number of hydrogen-bond acceptors (Lipinski definition) is 6. The lowest BCUT2D eigenvalue weighted by Crippen LogP contribution is -2.46. The topological polar surface area (TPSA) is 139 Å². The Kier molecular flexibility index (Phi) is 6.47. The van der Waals surface area contributed by atoms with Crippen molar-refractivity contribution >= 4 is 28.6 Å². The van der Waals surface area contributed by atoms with Crippen LogP contribution in [0.2, 0.25) is 0 Å². The Morgan fingerprint density at radius 3 is 2.52 bits per heavy atom.